The van der Waals surface area contributed by atoms with Gasteiger partial charge in [0.25, 0.3) is 0 Å². The molecule has 0 amide bonds. The van der Waals surface area contributed by atoms with Crippen molar-refractivity contribution in [1.82, 2.24) is 4.98 Å². The lowest BCUT2D eigenvalue weighted by Crippen LogP contribution is -2.03. The zero-order valence-electron chi connectivity index (χ0n) is 11.3. The number of nitrogen functional groups attached to an aromatic ring is 1. The molecule has 3 N–H and O–H groups in total. The van der Waals surface area contributed by atoms with E-state index in [4.69, 9.17) is 10.5 Å². The largest absolute Gasteiger partial charge is 0.492 e. The molecule has 4 heteroatoms. The van der Waals surface area contributed by atoms with Crippen molar-refractivity contribution in [3.05, 3.63) is 47.8 Å². The number of benzene rings is 1. The summed E-state index contributed by atoms with van der Waals surface area (Å²) >= 11 is 0. The maximum absolute atomic E-state index is 5.84. The third kappa shape index (κ3) is 3.61. The summed E-state index contributed by atoms with van der Waals surface area (Å²) in [6.45, 7) is 5.21. The van der Waals surface area contributed by atoms with E-state index < -0.39 is 0 Å². The zero-order chi connectivity index (χ0) is 13.7. The highest BCUT2D eigenvalue weighted by Crippen LogP contribution is 2.25. The molecule has 1 heterocycles. The number of aryl methyl sites for hydroxylation is 1. The van der Waals surface area contributed by atoms with Gasteiger partial charge in [-0.3, -0.25) is 4.98 Å². The van der Waals surface area contributed by atoms with Gasteiger partial charge in [-0.15, -0.1) is 0 Å². The molecule has 1 aromatic heterocycles. The van der Waals surface area contributed by atoms with Crippen LogP contribution in [0.2, 0.25) is 0 Å². The first kappa shape index (κ1) is 13.2. The van der Waals surface area contributed by atoms with E-state index in [9.17, 15) is 0 Å². The van der Waals surface area contributed by atoms with Crippen LogP contribution in [0.3, 0.4) is 0 Å². The van der Waals surface area contributed by atoms with Gasteiger partial charge in [-0.2, -0.15) is 0 Å². The predicted molar refractivity (Wildman–Crippen MR) is 78.3 cm³/mol. The van der Waals surface area contributed by atoms with Crippen LogP contribution in [0.15, 0.2) is 36.4 Å². The van der Waals surface area contributed by atoms with Crippen LogP contribution in [-0.2, 0) is 6.54 Å². The molecular formula is C15H19N3O. The molecule has 2 aromatic rings. The van der Waals surface area contributed by atoms with Crippen molar-refractivity contribution >= 4 is 11.4 Å². The quantitative estimate of drug-likeness (QED) is 0.808. The highest BCUT2D eigenvalue weighted by molar-refractivity contribution is 5.61. The molecule has 0 bridgehead atoms. The fourth-order valence-corrected chi connectivity index (χ4v) is 1.82. The minimum absolute atomic E-state index is 0.604. The van der Waals surface area contributed by atoms with Gasteiger partial charge >= 0.3 is 0 Å². The molecule has 0 aliphatic heterocycles. The molecule has 0 spiro atoms. The summed E-state index contributed by atoms with van der Waals surface area (Å²) in [7, 11) is 0. The minimum atomic E-state index is 0.604. The third-order valence-corrected chi connectivity index (χ3v) is 2.73. The maximum atomic E-state index is 5.84. The van der Waals surface area contributed by atoms with Gasteiger partial charge in [-0.05, 0) is 38.1 Å². The highest BCUT2D eigenvalue weighted by atomic mass is 16.5. The second-order valence-electron chi connectivity index (χ2n) is 4.31. The second kappa shape index (κ2) is 6.09. The molecule has 0 saturated carbocycles. The van der Waals surface area contributed by atoms with Crippen LogP contribution in [0, 0.1) is 6.92 Å². The number of pyridine rings is 1. The van der Waals surface area contributed by atoms with Gasteiger partial charge in [0.15, 0.2) is 0 Å². The smallest absolute Gasteiger partial charge is 0.144 e. The summed E-state index contributed by atoms with van der Waals surface area (Å²) in [5.41, 5.74) is 9.49. The number of rotatable bonds is 5. The van der Waals surface area contributed by atoms with Gasteiger partial charge in [-0.25, -0.2) is 0 Å². The highest BCUT2D eigenvalue weighted by Gasteiger charge is 2.02. The standard InChI is InChI=1S/C15H19N3O/c1-3-19-15-9-12(7-8-14(15)16)17-10-13-6-4-5-11(2)18-13/h4-9,17H,3,10,16H2,1-2H3. The van der Waals surface area contributed by atoms with Crippen molar-refractivity contribution in [2.24, 2.45) is 0 Å². The number of hydrogen-bond donors (Lipinski definition) is 2. The van der Waals surface area contributed by atoms with Crippen molar-refractivity contribution in [3.8, 4) is 5.75 Å². The van der Waals surface area contributed by atoms with Gasteiger partial charge in [0.05, 0.1) is 24.5 Å². The lowest BCUT2D eigenvalue weighted by Gasteiger charge is -2.11. The summed E-state index contributed by atoms with van der Waals surface area (Å²) < 4.78 is 5.47. The van der Waals surface area contributed by atoms with E-state index in [1.807, 2.05) is 50.2 Å². The van der Waals surface area contributed by atoms with Gasteiger partial charge < -0.3 is 15.8 Å². The molecule has 0 atom stereocenters. The Labute approximate surface area is 113 Å². The van der Waals surface area contributed by atoms with Crippen LogP contribution in [0.1, 0.15) is 18.3 Å². The summed E-state index contributed by atoms with van der Waals surface area (Å²) in [6, 6.07) is 11.7. The van der Waals surface area contributed by atoms with Crippen LogP contribution in [0.25, 0.3) is 0 Å². The Morgan fingerprint density at radius 1 is 1.26 bits per heavy atom. The Morgan fingerprint density at radius 2 is 2.11 bits per heavy atom. The second-order valence-corrected chi connectivity index (χ2v) is 4.31. The van der Waals surface area contributed by atoms with E-state index in [-0.39, 0.29) is 0 Å². The van der Waals surface area contributed by atoms with Gasteiger partial charge in [-0.1, -0.05) is 6.07 Å². The number of ether oxygens (including phenoxy) is 1. The Hall–Kier alpha value is -2.23. The maximum Gasteiger partial charge on any atom is 0.144 e. The van der Waals surface area contributed by atoms with Crippen LogP contribution in [0.4, 0.5) is 11.4 Å². The van der Waals surface area contributed by atoms with Crippen LogP contribution < -0.4 is 15.8 Å². The van der Waals surface area contributed by atoms with E-state index in [0.29, 0.717) is 24.6 Å². The average Bonchev–Trinajstić information content (AvgIpc) is 2.40. The van der Waals surface area contributed by atoms with Crippen molar-refractivity contribution in [2.45, 2.75) is 20.4 Å². The molecule has 0 aliphatic carbocycles. The fourth-order valence-electron chi connectivity index (χ4n) is 1.82. The number of hydrogen-bond acceptors (Lipinski definition) is 4. The van der Waals surface area contributed by atoms with E-state index in [1.54, 1.807) is 0 Å². The lowest BCUT2D eigenvalue weighted by molar-refractivity contribution is 0.342. The Morgan fingerprint density at radius 3 is 2.84 bits per heavy atom. The molecular weight excluding hydrogens is 238 g/mol. The Kier molecular flexibility index (Phi) is 4.23. The van der Waals surface area contributed by atoms with Crippen LogP contribution in [0.5, 0.6) is 5.75 Å². The average molecular weight is 257 g/mol. The molecule has 100 valence electrons. The van der Waals surface area contributed by atoms with Crippen LogP contribution in [-0.4, -0.2) is 11.6 Å². The topological polar surface area (TPSA) is 60.2 Å². The van der Waals surface area contributed by atoms with E-state index >= 15 is 0 Å². The van der Waals surface area contributed by atoms with Crippen molar-refractivity contribution in [2.75, 3.05) is 17.7 Å². The Balaban J connectivity index is 2.05. The summed E-state index contributed by atoms with van der Waals surface area (Å²) in [4.78, 5) is 4.45. The fraction of sp³-hybridized carbons (Fsp3) is 0.267. The normalized spacial score (nSPS) is 10.2. The summed E-state index contributed by atoms with van der Waals surface area (Å²) in [5, 5.41) is 3.32. The van der Waals surface area contributed by atoms with Crippen molar-refractivity contribution in [3.63, 3.8) is 0 Å². The van der Waals surface area contributed by atoms with E-state index in [1.165, 1.54) is 0 Å². The molecule has 2 rings (SSSR count). The van der Waals surface area contributed by atoms with Crippen LogP contribution >= 0.6 is 0 Å². The summed E-state index contributed by atoms with van der Waals surface area (Å²) in [6.07, 6.45) is 0. The third-order valence-electron chi connectivity index (χ3n) is 2.73. The molecule has 0 aliphatic rings. The molecule has 0 saturated heterocycles. The SMILES string of the molecule is CCOc1cc(NCc2cccc(C)n2)ccc1N. The molecule has 1 aromatic carbocycles. The van der Waals surface area contributed by atoms with Gasteiger partial charge in [0.1, 0.15) is 5.75 Å². The number of aromatic nitrogens is 1. The zero-order valence-corrected chi connectivity index (χ0v) is 11.3. The molecule has 19 heavy (non-hydrogen) atoms. The van der Waals surface area contributed by atoms with E-state index in [2.05, 4.69) is 10.3 Å². The lowest BCUT2D eigenvalue weighted by atomic mass is 10.2. The number of nitrogens with one attached hydrogen (secondary N) is 1. The first-order valence-corrected chi connectivity index (χ1v) is 6.37. The summed E-state index contributed by atoms with van der Waals surface area (Å²) in [5.74, 6) is 0.713. The predicted octanol–water partition coefficient (Wildman–Crippen LogP) is 2.98. The van der Waals surface area contributed by atoms with Crippen molar-refractivity contribution in [1.29, 1.82) is 0 Å². The van der Waals surface area contributed by atoms with Crippen molar-refractivity contribution < 1.29 is 4.74 Å². The number of anilines is 2. The first-order chi connectivity index (χ1) is 9.19. The van der Waals surface area contributed by atoms with E-state index in [0.717, 1.165) is 17.1 Å². The molecule has 0 unspecified atom stereocenters. The molecule has 0 fully saturated rings. The minimum Gasteiger partial charge on any atom is -0.492 e. The van der Waals surface area contributed by atoms with Gasteiger partial charge in [0, 0.05) is 17.4 Å². The first-order valence-electron chi connectivity index (χ1n) is 6.37. The van der Waals surface area contributed by atoms with Gasteiger partial charge in [0.2, 0.25) is 0 Å². The number of nitrogens with zero attached hydrogens (tertiary/aromatic N) is 1. The molecule has 4 nitrogen and oxygen atoms in total. The number of nitrogens with two attached hydrogens (primary N) is 1. The Bertz CT molecular complexity index is 555. The monoisotopic (exact) mass is 257 g/mol. The molecule has 0 radical (unpaired) electrons.